The van der Waals surface area contributed by atoms with Crippen LogP contribution in [-0.4, -0.2) is 11.7 Å². The van der Waals surface area contributed by atoms with Crippen LogP contribution in [0.15, 0.2) is 16.7 Å². The van der Waals surface area contributed by atoms with Crippen LogP contribution in [0.4, 0.5) is 0 Å². The Balaban J connectivity index is 2.83. The van der Waals surface area contributed by atoms with Crippen LogP contribution < -0.4 is 0 Å². The lowest BCUT2D eigenvalue weighted by Crippen LogP contribution is -1.99. The summed E-state index contributed by atoms with van der Waals surface area (Å²) in [5.41, 5.74) is 1.13. The Bertz CT molecular complexity index is 215. The molecule has 0 spiro atoms. The number of aliphatic hydroxyl groups is 1. The molecule has 0 radical (unpaired) electrons. The molecule has 0 aliphatic carbocycles. The molecule has 2 nitrogen and oxygen atoms in total. The predicted molar refractivity (Wildman–Crippen MR) is 43.6 cm³/mol. The molecular weight excluding hydrogens is 140 g/mol. The van der Waals surface area contributed by atoms with Gasteiger partial charge in [-0.25, -0.2) is 0 Å². The van der Waals surface area contributed by atoms with Gasteiger partial charge in [-0.3, -0.25) is 0 Å². The zero-order valence-electron chi connectivity index (χ0n) is 7.00. The van der Waals surface area contributed by atoms with E-state index in [1.165, 1.54) is 0 Å². The van der Waals surface area contributed by atoms with E-state index in [0.29, 0.717) is 0 Å². The zero-order chi connectivity index (χ0) is 8.27. The molecule has 0 saturated heterocycles. The Labute approximate surface area is 66.8 Å². The molecule has 0 aliphatic rings. The highest BCUT2D eigenvalue weighted by molar-refractivity contribution is 5.21. The summed E-state index contributed by atoms with van der Waals surface area (Å²) >= 11 is 0. The largest absolute Gasteiger partial charge is 0.469 e. The Morgan fingerprint density at radius 1 is 1.64 bits per heavy atom. The first kappa shape index (κ1) is 8.34. The number of aryl methyl sites for hydroxylation is 1. The van der Waals surface area contributed by atoms with Gasteiger partial charge in [0.2, 0.25) is 0 Å². The van der Waals surface area contributed by atoms with Crippen LogP contribution in [0.3, 0.4) is 0 Å². The van der Waals surface area contributed by atoms with Gasteiger partial charge in [-0.1, -0.05) is 13.8 Å². The molecule has 0 fully saturated rings. The third kappa shape index (κ3) is 1.63. The van der Waals surface area contributed by atoms with Gasteiger partial charge in [-0.05, 0) is 11.6 Å². The standard InChI is InChI=1S/C9H14O2/c1-3-9-8(4-5-11-9)7(2)6-10/h4-5,7,10H,3,6H2,1-2H3. The molecule has 2 heteroatoms. The molecule has 1 heterocycles. The minimum atomic E-state index is 0.187. The first-order chi connectivity index (χ1) is 5.29. The fourth-order valence-corrected chi connectivity index (χ4v) is 1.18. The van der Waals surface area contributed by atoms with E-state index in [2.05, 4.69) is 0 Å². The molecule has 0 saturated carbocycles. The summed E-state index contributed by atoms with van der Waals surface area (Å²) in [5.74, 6) is 1.19. The van der Waals surface area contributed by atoms with Gasteiger partial charge >= 0.3 is 0 Å². The van der Waals surface area contributed by atoms with Gasteiger partial charge in [0.15, 0.2) is 0 Å². The van der Waals surface area contributed by atoms with Crippen LogP contribution in [0.2, 0.25) is 0 Å². The molecule has 11 heavy (non-hydrogen) atoms. The third-order valence-electron chi connectivity index (χ3n) is 1.91. The molecule has 1 N–H and O–H groups in total. The molecule has 0 aromatic carbocycles. The van der Waals surface area contributed by atoms with E-state index in [9.17, 15) is 0 Å². The van der Waals surface area contributed by atoms with Gasteiger partial charge in [0.05, 0.1) is 6.26 Å². The van der Waals surface area contributed by atoms with Crippen LogP contribution in [0, 0.1) is 0 Å². The fourth-order valence-electron chi connectivity index (χ4n) is 1.18. The molecule has 1 atom stereocenters. The summed E-state index contributed by atoms with van der Waals surface area (Å²) in [6, 6.07) is 1.93. The molecule has 1 rings (SSSR count). The van der Waals surface area contributed by atoms with Crippen molar-refractivity contribution >= 4 is 0 Å². The van der Waals surface area contributed by atoms with Crippen molar-refractivity contribution in [3.63, 3.8) is 0 Å². The van der Waals surface area contributed by atoms with E-state index >= 15 is 0 Å². The molecule has 1 aromatic rings. The van der Waals surface area contributed by atoms with Gasteiger partial charge in [0.1, 0.15) is 5.76 Å². The number of hydrogen-bond acceptors (Lipinski definition) is 2. The Kier molecular flexibility index (Phi) is 2.71. The van der Waals surface area contributed by atoms with Crippen molar-refractivity contribution in [3.05, 3.63) is 23.7 Å². The second-order valence-corrected chi connectivity index (χ2v) is 2.74. The smallest absolute Gasteiger partial charge is 0.107 e. The monoisotopic (exact) mass is 154 g/mol. The minimum Gasteiger partial charge on any atom is -0.469 e. The van der Waals surface area contributed by atoms with Gasteiger partial charge < -0.3 is 9.52 Å². The van der Waals surface area contributed by atoms with Gasteiger partial charge in [-0.2, -0.15) is 0 Å². The topological polar surface area (TPSA) is 33.4 Å². The predicted octanol–water partition coefficient (Wildman–Crippen LogP) is 1.94. The van der Waals surface area contributed by atoms with Gasteiger partial charge in [0.25, 0.3) is 0 Å². The lowest BCUT2D eigenvalue weighted by atomic mass is 10.0. The fraction of sp³-hybridized carbons (Fsp3) is 0.556. The molecular formula is C9H14O2. The first-order valence-corrected chi connectivity index (χ1v) is 3.96. The molecule has 1 unspecified atom stereocenters. The number of furan rings is 1. The van der Waals surface area contributed by atoms with Crippen molar-refractivity contribution in [1.82, 2.24) is 0 Å². The average Bonchev–Trinajstić information content (AvgIpc) is 2.50. The zero-order valence-corrected chi connectivity index (χ0v) is 7.00. The number of rotatable bonds is 3. The van der Waals surface area contributed by atoms with E-state index in [0.717, 1.165) is 17.7 Å². The van der Waals surface area contributed by atoms with Gasteiger partial charge in [0, 0.05) is 18.9 Å². The average molecular weight is 154 g/mol. The van der Waals surface area contributed by atoms with Crippen molar-refractivity contribution in [3.8, 4) is 0 Å². The second kappa shape index (κ2) is 3.58. The number of aliphatic hydroxyl groups excluding tert-OH is 1. The maximum Gasteiger partial charge on any atom is 0.107 e. The summed E-state index contributed by atoms with van der Waals surface area (Å²) < 4.78 is 5.23. The Morgan fingerprint density at radius 2 is 2.36 bits per heavy atom. The maximum atomic E-state index is 8.88. The number of hydrogen-bond donors (Lipinski definition) is 1. The van der Waals surface area contributed by atoms with Crippen molar-refractivity contribution in [2.45, 2.75) is 26.2 Å². The first-order valence-electron chi connectivity index (χ1n) is 3.96. The SMILES string of the molecule is CCc1occc1C(C)CO. The molecule has 0 bridgehead atoms. The van der Waals surface area contributed by atoms with E-state index in [-0.39, 0.29) is 12.5 Å². The van der Waals surface area contributed by atoms with Crippen molar-refractivity contribution in [2.75, 3.05) is 6.61 Å². The quantitative estimate of drug-likeness (QED) is 0.721. The Hall–Kier alpha value is -0.760. The lowest BCUT2D eigenvalue weighted by molar-refractivity contribution is 0.271. The van der Waals surface area contributed by atoms with E-state index < -0.39 is 0 Å². The molecule has 0 amide bonds. The highest BCUT2D eigenvalue weighted by Gasteiger charge is 2.10. The lowest BCUT2D eigenvalue weighted by Gasteiger charge is -2.05. The summed E-state index contributed by atoms with van der Waals surface area (Å²) in [6.07, 6.45) is 2.58. The van der Waals surface area contributed by atoms with Gasteiger partial charge in [-0.15, -0.1) is 0 Å². The second-order valence-electron chi connectivity index (χ2n) is 2.74. The highest BCUT2D eigenvalue weighted by atomic mass is 16.3. The van der Waals surface area contributed by atoms with Crippen LogP contribution in [0.5, 0.6) is 0 Å². The highest BCUT2D eigenvalue weighted by Crippen LogP contribution is 2.20. The van der Waals surface area contributed by atoms with Crippen molar-refractivity contribution < 1.29 is 9.52 Å². The van der Waals surface area contributed by atoms with Crippen LogP contribution in [0.1, 0.15) is 31.1 Å². The summed E-state index contributed by atoms with van der Waals surface area (Å²) in [4.78, 5) is 0. The van der Waals surface area contributed by atoms with E-state index in [1.54, 1.807) is 6.26 Å². The normalized spacial score (nSPS) is 13.4. The summed E-state index contributed by atoms with van der Waals surface area (Å²) in [7, 11) is 0. The van der Waals surface area contributed by atoms with Crippen LogP contribution in [0.25, 0.3) is 0 Å². The summed E-state index contributed by atoms with van der Waals surface area (Å²) in [5, 5.41) is 8.88. The third-order valence-corrected chi connectivity index (χ3v) is 1.91. The maximum absolute atomic E-state index is 8.88. The van der Waals surface area contributed by atoms with Crippen LogP contribution >= 0.6 is 0 Å². The van der Waals surface area contributed by atoms with Crippen LogP contribution in [-0.2, 0) is 6.42 Å². The van der Waals surface area contributed by atoms with Crippen molar-refractivity contribution in [1.29, 1.82) is 0 Å². The molecule has 62 valence electrons. The molecule has 1 aromatic heterocycles. The Morgan fingerprint density at radius 3 is 2.91 bits per heavy atom. The van der Waals surface area contributed by atoms with E-state index in [1.807, 2.05) is 19.9 Å². The van der Waals surface area contributed by atoms with E-state index in [4.69, 9.17) is 9.52 Å². The molecule has 0 aliphatic heterocycles. The minimum absolute atomic E-state index is 0.187. The van der Waals surface area contributed by atoms with Crippen molar-refractivity contribution in [2.24, 2.45) is 0 Å². The summed E-state index contributed by atoms with van der Waals surface area (Å²) in [6.45, 7) is 4.23.